The zero-order valence-electron chi connectivity index (χ0n) is 11.1. The largest absolute Gasteiger partial charge is 0.336 e. The number of carbonyl (C=O) groups excluding carboxylic acids is 1. The van der Waals surface area contributed by atoms with E-state index in [1.807, 2.05) is 6.92 Å². The first kappa shape index (κ1) is 15.1. The second-order valence-electron chi connectivity index (χ2n) is 5.19. The van der Waals surface area contributed by atoms with Gasteiger partial charge in [0.15, 0.2) is 0 Å². The maximum Gasteiger partial charge on any atom is 0.271 e. The Morgan fingerprint density at radius 1 is 1.40 bits per heavy atom. The highest BCUT2D eigenvalue weighted by atomic mass is 35.5. The molecule has 1 saturated heterocycles. The molecule has 1 aromatic carbocycles. The van der Waals surface area contributed by atoms with Gasteiger partial charge in [-0.15, -0.1) is 0 Å². The third-order valence-electron chi connectivity index (χ3n) is 3.50. The van der Waals surface area contributed by atoms with E-state index in [0.29, 0.717) is 12.5 Å². The first-order chi connectivity index (χ1) is 9.31. The van der Waals surface area contributed by atoms with Gasteiger partial charge < -0.3 is 4.90 Å². The molecular weight excluding hydrogens is 303 g/mol. The van der Waals surface area contributed by atoms with Crippen LogP contribution in [0.3, 0.4) is 0 Å². The van der Waals surface area contributed by atoms with Crippen molar-refractivity contribution in [1.82, 2.24) is 4.90 Å². The number of amides is 1. The van der Waals surface area contributed by atoms with E-state index >= 15 is 0 Å². The van der Waals surface area contributed by atoms with E-state index in [1.165, 1.54) is 6.07 Å². The van der Waals surface area contributed by atoms with Crippen LogP contribution in [-0.4, -0.2) is 28.3 Å². The lowest BCUT2D eigenvalue weighted by atomic mass is 10.1. The molecule has 2 unspecified atom stereocenters. The van der Waals surface area contributed by atoms with E-state index in [9.17, 15) is 14.9 Å². The molecule has 1 aromatic rings. The van der Waals surface area contributed by atoms with Gasteiger partial charge in [0.25, 0.3) is 11.6 Å². The Morgan fingerprint density at radius 2 is 2.05 bits per heavy atom. The molecule has 108 valence electrons. The highest BCUT2D eigenvalue weighted by molar-refractivity contribution is 6.44. The number of likely N-dealkylation sites (tertiary alicyclic amines) is 1. The second kappa shape index (κ2) is 5.58. The van der Waals surface area contributed by atoms with Crippen molar-refractivity contribution in [3.63, 3.8) is 0 Å². The van der Waals surface area contributed by atoms with E-state index in [4.69, 9.17) is 23.2 Å². The zero-order valence-corrected chi connectivity index (χ0v) is 12.6. The molecule has 1 amide bonds. The molecule has 0 radical (unpaired) electrons. The van der Waals surface area contributed by atoms with E-state index < -0.39 is 4.92 Å². The fraction of sp³-hybridized carbons (Fsp3) is 0.462. The molecule has 0 saturated carbocycles. The third-order valence-corrected chi connectivity index (χ3v) is 4.30. The minimum absolute atomic E-state index is 0.0177. The number of nitro benzene ring substituents is 1. The summed E-state index contributed by atoms with van der Waals surface area (Å²) >= 11 is 11.9. The molecule has 0 N–H and O–H groups in total. The molecule has 1 aliphatic heterocycles. The van der Waals surface area contributed by atoms with Gasteiger partial charge in [0.05, 0.1) is 20.5 Å². The van der Waals surface area contributed by atoms with Crippen LogP contribution in [0.25, 0.3) is 0 Å². The van der Waals surface area contributed by atoms with Crippen LogP contribution in [0.4, 0.5) is 5.69 Å². The SMILES string of the molecule is CC1CC(C)N(C(=O)c2cc([N+](=O)[O-])cc(Cl)c2Cl)C1. The molecule has 7 heteroatoms. The van der Waals surface area contributed by atoms with Crippen LogP contribution in [0.15, 0.2) is 12.1 Å². The average Bonchev–Trinajstić information content (AvgIpc) is 2.70. The van der Waals surface area contributed by atoms with E-state index in [1.54, 1.807) is 4.90 Å². The number of non-ortho nitro benzene ring substituents is 1. The zero-order chi connectivity index (χ0) is 15.0. The van der Waals surface area contributed by atoms with Gasteiger partial charge >= 0.3 is 0 Å². The Balaban J connectivity index is 2.41. The first-order valence-corrected chi connectivity index (χ1v) is 7.01. The van der Waals surface area contributed by atoms with Crippen molar-refractivity contribution in [2.75, 3.05) is 6.54 Å². The van der Waals surface area contributed by atoms with Gasteiger partial charge in [-0.05, 0) is 19.3 Å². The smallest absolute Gasteiger partial charge is 0.271 e. The van der Waals surface area contributed by atoms with Gasteiger partial charge in [-0.1, -0.05) is 30.1 Å². The van der Waals surface area contributed by atoms with Crippen LogP contribution in [0.2, 0.25) is 10.0 Å². The highest BCUT2D eigenvalue weighted by Crippen LogP contribution is 2.33. The van der Waals surface area contributed by atoms with E-state index in [2.05, 4.69) is 6.92 Å². The third kappa shape index (κ3) is 2.74. The molecule has 0 aromatic heterocycles. The average molecular weight is 317 g/mol. The standard InChI is InChI=1S/C13H14Cl2N2O3/c1-7-3-8(2)16(6-7)13(18)10-4-9(17(19)20)5-11(14)12(10)15/h4-5,7-8H,3,6H2,1-2H3. The number of hydrogen-bond acceptors (Lipinski definition) is 3. The number of carbonyl (C=O) groups is 1. The van der Waals surface area contributed by atoms with Crippen LogP contribution in [0.1, 0.15) is 30.6 Å². The van der Waals surface area contributed by atoms with Crippen molar-refractivity contribution in [2.24, 2.45) is 5.92 Å². The Kier molecular flexibility index (Phi) is 4.20. The summed E-state index contributed by atoms with van der Waals surface area (Å²) in [6.45, 7) is 4.64. The Morgan fingerprint density at radius 3 is 2.55 bits per heavy atom. The van der Waals surface area contributed by atoms with Crippen LogP contribution in [0.5, 0.6) is 0 Å². The summed E-state index contributed by atoms with van der Waals surface area (Å²) in [5.41, 5.74) is -0.144. The Hall–Kier alpha value is -1.33. The maximum atomic E-state index is 12.5. The van der Waals surface area contributed by atoms with Crippen molar-refractivity contribution < 1.29 is 9.72 Å². The van der Waals surface area contributed by atoms with Crippen LogP contribution >= 0.6 is 23.2 Å². The van der Waals surface area contributed by atoms with Gasteiger partial charge in [-0.2, -0.15) is 0 Å². The summed E-state index contributed by atoms with van der Waals surface area (Å²) in [4.78, 5) is 24.5. The van der Waals surface area contributed by atoms with Crippen molar-refractivity contribution in [2.45, 2.75) is 26.3 Å². The lowest BCUT2D eigenvalue weighted by Crippen LogP contribution is -2.34. The molecule has 2 atom stereocenters. The Bertz CT molecular complexity index is 577. The van der Waals surface area contributed by atoms with Gasteiger partial charge in [0.1, 0.15) is 0 Å². The van der Waals surface area contributed by atoms with Gasteiger partial charge in [-0.25, -0.2) is 0 Å². The number of nitrogens with zero attached hydrogens (tertiary/aromatic N) is 2. The highest BCUT2D eigenvalue weighted by Gasteiger charge is 2.32. The van der Waals surface area contributed by atoms with Gasteiger partial charge in [0, 0.05) is 24.7 Å². The van der Waals surface area contributed by atoms with Gasteiger partial charge in [0.2, 0.25) is 0 Å². The van der Waals surface area contributed by atoms with E-state index in [0.717, 1.165) is 12.5 Å². The molecule has 2 rings (SSSR count). The fourth-order valence-electron chi connectivity index (χ4n) is 2.57. The molecule has 0 bridgehead atoms. The predicted molar refractivity (Wildman–Crippen MR) is 77.4 cm³/mol. The molecule has 1 fully saturated rings. The normalized spacial score (nSPS) is 22.1. The summed E-state index contributed by atoms with van der Waals surface area (Å²) in [6.07, 6.45) is 0.909. The van der Waals surface area contributed by atoms with Crippen molar-refractivity contribution in [3.05, 3.63) is 37.9 Å². The lowest BCUT2D eigenvalue weighted by Gasteiger charge is -2.22. The molecular formula is C13H14Cl2N2O3. The number of benzene rings is 1. The van der Waals surface area contributed by atoms with Crippen molar-refractivity contribution >= 4 is 34.8 Å². The summed E-state index contributed by atoms with van der Waals surface area (Å²) in [5, 5.41) is 10.9. The molecule has 20 heavy (non-hydrogen) atoms. The fourth-order valence-corrected chi connectivity index (χ4v) is 2.98. The molecule has 0 aliphatic carbocycles. The number of nitro groups is 1. The minimum Gasteiger partial charge on any atom is -0.336 e. The first-order valence-electron chi connectivity index (χ1n) is 6.25. The molecule has 1 aliphatic rings. The van der Waals surface area contributed by atoms with Crippen molar-refractivity contribution in [3.8, 4) is 0 Å². The lowest BCUT2D eigenvalue weighted by molar-refractivity contribution is -0.384. The summed E-state index contributed by atoms with van der Waals surface area (Å²) in [5.74, 6) is 0.0966. The molecule has 0 spiro atoms. The molecule has 5 nitrogen and oxygen atoms in total. The van der Waals surface area contributed by atoms with Crippen LogP contribution in [0, 0.1) is 16.0 Å². The maximum absolute atomic E-state index is 12.5. The van der Waals surface area contributed by atoms with Gasteiger partial charge in [-0.3, -0.25) is 14.9 Å². The second-order valence-corrected chi connectivity index (χ2v) is 5.98. The van der Waals surface area contributed by atoms with Crippen LogP contribution < -0.4 is 0 Å². The minimum atomic E-state index is -0.588. The van der Waals surface area contributed by atoms with Crippen molar-refractivity contribution in [1.29, 1.82) is 0 Å². The number of rotatable bonds is 2. The number of hydrogen-bond donors (Lipinski definition) is 0. The van der Waals surface area contributed by atoms with E-state index in [-0.39, 0.29) is 33.2 Å². The monoisotopic (exact) mass is 316 g/mol. The Labute approximate surface area is 126 Å². The molecule has 1 heterocycles. The topological polar surface area (TPSA) is 63.5 Å². The summed E-state index contributed by atoms with van der Waals surface area (Å²) in [7, 11) is 0. The number of halogens is 2. The quantitative estimate of drug-likeness (QED) is 0.616. The summed E-state index contributed by atoms with van der Waals surface area (Å²) < 4.78 is 0. The predicted octanol–water partition coefficient (Wildman–Crippen LogP) is 3.77. The summed E-state index contributed by atoms with van der Waals surface area (Å²) in [6, 6.07) is 2.43. The van der Waals surface area contributed by atoms with Crippen LogP contribution in [-0.2, 0) is 0 Å².